The highest BCUT2D eigenvalue weighted by Crippen LogP contribution is 2.35. The maximum Gasteiger partial charge on any atom is 0.261 e. The van der Waals surface area contributed by atoms with Crippen LogP contribution in [-0.4, -0.2) is 55.1 Å². The van der Waals surface area contributed by atoms with Crippen molar-refractivity contribution in [1.29, 1.82) is 0 Å². The van der Waals surface area contributed by atoms with Crippen molar-refractivity contribution in [3.8, 4) is 0 Å². The zero-order valence-corrected chi connectivity index (χ0v) is 21.3. The molecule has 0 bridgehead atoms. The van der Waals surface area contributed by atoms with Crippen LogP contribution in [0.15, 0.2) is 48.5 Å². The molecule has 0 aliphatic carbocycles. The van der Waals surface area contributed by atoms with E-state index in [1.165, 1.54) is 22.6 Å². The van der Waals surface area contributed by atoms with Crippen LogP contribution in [0.1, 0.15) is 21.7 Å². The number of hydrogen-bond donors (Lipinski definition) is 1. The van der Waals surface area contributed by atoms with Gasteiger partial charge in [0.05, 0.1) is 10.4 Å². The Labute approximate surface area is 213 Å². The molecule has 0 unspecified atom stereocenters. The van der Waals surface area contributed by atoms with E-state index < -0.39 is 0 Å². The lowest BCUT2D eigenvalue weighted by Gasteiger charge is -2.37. The normalized spacial score (nSPS) is 14.7. The van der Waals surface area contributed by atoms with Gasteiger partial charge in [-0.3, -0.25) is 9.69 Å². The fraction of sp³-hybridized carbons (Fsp3) is 0.308. The number of amides is 1. The minimum atomic E-state index is -0.0531. The van der Waals surface area contributed by atoms with Gasteiger partial charge in [0, 0.05) is 58.9 Å². The molecule has 2 aromatic carbocycles. The summed E-state index contributed by atoms with van der Waals surface area (Å²) < 4.78 is 1.01. The summed E-state index contributed by atoms with van der Waals surface area (Å²) in [4.78, 5) is 22.8. The number of carbonyl (C=O) groups excluding carboxylic acids is 1. The van der Waals surface area contributed by atoms with Gasteiger partial charge < -0.3 is 10.2 Å². The average Bonchev–Trinajstić information content (AvgIpc) is 3.31. The SMILES string of the molecule is Cc1ccc(Cl)cc1N1CCN(CCCNC(=O)c2cc3c(Cl)nc4ccccc4c3s2)CC1. The van der Waals surface area contributed by atoms with Crippen LogP contribution >= 0.6 is 34.5 Å². The predicted octanol–water partition coefficient (Wildman–Crippen LogP) is 6.01. The van der Waals surface area contributed by atoms with Crippen molar-refractivity contribution in [2.24, 2.45) is 0 Å². The first-order chi connectivity index (χ1) is 16.5. The molecule has 4 aromatic rings. The van der Waals surface area contributed by atoms with Gasteiger partial charge in [0.2, 0.25) is 0 Å². The van der Waals surface area contributed by atoms with Gasteiger partial charge in [-0.2, -0.15) is 0 Å². The molecule has 0 radical (unpaired) electrons. The summed E-state index contributed by atoms with van der Waals surface area (Å²) in [5.74, 6) is -0.0531. The smallest absolute Gasteiger partial charge is 0.261 e. The molecule has 3 heterocycles. The van der Waals surface area contributed by atoms with Gasteiger partial charge >= 0.3 is 0 Å². The summed E-state index contributed by atoms with van der Waals surface area (Å²) in [5, 5.41) is 6.16. The fourth-order valence-corrected chi connectivity index (χ4v) is 6.08. The molecule has 0 spiro atoms. The van der Waals surface area contributed by atoms with E-state index in [9.17, 15) is 4.79 Å². The third-order valence-electron chi connectivity index (χ3n) is 6.37. The van der Waals surface area contributed by atoms with Crippen LogP contribution in [0.2, 0.25) is 10.2 Å². The van der Waals surface area contributed by atoms with Gasteiger partial charge in [-0.25, -0.2) is 4.98 Å². The lowest BCUT2D eigenvalue weighted by molar-refractivity contribution is 0.0955. The first-order valence-electron chi connectivity index (χ1n) is 11.5. The number of para-hydroxylation sites is 1. The summed E-state index contributed by atoms with van der Waals surface area (Å²) in [6.07, 6.45) is 0.915. The van der Waals surface area contributed by atoms with Crippen molar-refractivity contribution >= 4 is 67.1 Å². The monoisotopic (exact) mass is 512 g/mol. The lowest BCUT2D eigenvalue weighted by atomic mass is 10.1. The minimum Gasteiger partial charge on any atom is -0.369 e. The highest BCUT2D eigenvalue weighted by molar-refractivity contribution is 7.21. The molecule has 1 saturated heterocycles. The van der Waals surface area contributed by atoms with Crippen molar-refractivity contribution in [3.05, 3.63) is 69.1 Å². The highest BCUT2D eigenvalue weighted by Gasteiger charge is 2.19. The van der Waals surface area contributed by atoms with Crippen LogP contribution in [-0.2, 0) is 0 Å². The Kier molecular flexibility index (Phi) is 6.93. The van der Waals surface area contributed by atoms with E-state index in [-0.39, 0.29) is 5.91 Å². The summed E-state index contributed by atoms with van der Waals surface area (Å²) in [6.45, 7) is 7.73. The number of thiophene rings is 1. The van der Waals surface area contributed by atoms with Gasteiger partial charge in [0.15, 0.2) is 0 Å². The number of halogens is 2. The topological polar surface area (TPSA) is 48.5 Å². The Morgan fingerprint density at radius 1 is 1.06 bits per heavy atom. The molecule has 0 atom stereocenters. The molecular formula is C26H26Cl2N4OS. The van der Waals surface area contributed by atoms with E-state index in [4.69, 9.17) is 23.2 Å². The summed E-state index contributed by atoms with van der Waals surface area (Å²) in [7, 11) is 0. The molecular weight excluding hydrogens is 487 g/mol. The first-order valence-corrected chi connectivity index (χ1v) is 13.1. The van der Waals surface area contributed by atoms with Crippen molar-refractivity contribution in [2.75, 3.05) is 44.2 Å². The highest BCUT2D eigenvalue weighted by atomic mass is 35.5. The van der Waals surface area contributed by atoms with Crippen LogP contribution in [0, 0.1) is 6.92 Å². The van der Waals surface area contributed by atoms with E-state index in [2.05, 4.69) is 39.2 Å². The van der Waals surface area contributed by atoms with E-state index in [1.54, 1.807) is 0 Å². The summed E-state index contributed by atoms with van der Waals surface area (Å²) >= 11 is 14.0. The Hall–Kier alpha value is -2.38. The molecule has 1 amide bonds. The maximum atomic E-state index is 12.8. The number of anilines is 1. The molecule has 2 aromatic heterocycles. The van der Waals surface area contributed by atoms with E-state index in [0.29, 0.717) is 16.6 Å². The number of aromatic nitrogens is 1. The number of aryl methyl sites for hydroxylation is 1. The molecule has 1 fully saturated rings. The Morgan fingerprint density at radius 2 is 1.85 bits per heavy atom. The number of rotatable bonds is 6. The lowest BCUT2D eigenvalue weighted by Crippen LogP contribution is -2.47. The predicted molar refractivity (Wildman–Crippen MR) is 144 cm³/mol. The summed E-state index contributed by atoms with van der Waals surface area (Å²) in [5.41, 5.74) is 3.33. The fourth-order valence-electron chi connectivity index (χ4n) is 4.51. The van der Waals surface area contributed by atoms with Gasteiger partial charge in [-0.05, 0) is 49.7 Å². The molecule has 176 valence electrons. The second-order valence-electron chi connectivity index (χ2n) is 8.64. The third-order valence-corrected chi connectivity index (χ3v) is 8.06. The number of carbonyl (C=O) groups is 1. The molecule has 5 rings (SSSR count). The zero-order chi connectivity index (χ0) is 23.7. The van der Waals surface area contributed by atoms with Crippen molar-refractivity contribution in [2.45, 2.75) is 13.3 Å². The maximum absolute atomic E-state index is 12.8. The second kappa shape index (κ2) is 10.1. The second-order valence-corrected chi connectivity index (χ2v) is 10.5. The summed E-state index contributed by atoms with van der Waals surface area (Å²) in [6, 6.07) is 15.8. The quantitative estimate of drug-likeness (QED) is 0.254. The molecule has 34 heavy (non-hydrogen) atoms. The Balaban J connectivity index is 1.13. The van der Waals surface area contributed by atoms with Crippen LogP contribution in [0.5, 0.6) is 0 Å². The van der Waals surface area contributed by atoms with Gasteiger partial charge in [-0.1, -0.05) is 47.5 Å². The van der Waals surface area contributed by atoms with Crippen LogP contribution in [0.3, 0.4) is 0 Å². The Morgan fingerprint density at radius 3 is 2.68 bits per heavy atom. The number of fused-ring (bicyclic) bond motifs is 3. The van der Waals surface area contributed by atoms with Crippen molar-refractivity contribution in [3.63, 3.8) is 0 Å². The standard InChI is InChI=1S/C26H26Cl2N4OS/c1-17-7-8-18(27)15-22(17)32-13-11-31(12-14-32)10-4-9-29-26(33)23-16-20-24(34-23)19-5-2-3-6-21(19)30-25(20)28/h2-3,5-8,15-16H,4,9-14H2,1H3,(H,29,33). The largest absolute Gasteiger partial charge is 0.369 e. The van der Waals surface area contributed by atoms with E-state index in [0.717, 1.165) is 65.2 Å². The average molecular weight is 513 g/mol. The van der Waals surface area contributed by atoms with Gasteiger partial charge in [-0.15, -0.1) is 11.3 Å². The van der Waals surface area contributed by atoms with Crippen LogP contribution in [0.4, 0.5) is 5.69 Å². The molecule has 5 nitrogen and oxygen atoms in total. The van der Waals surface area contributed by atoms with E-state index >= 15 is 0 Å². The van der Waals surface area contributed by atoms with Gasteiger partial charge in [0.25, 0.3) is 5.91 Å². The molecule has 8 heteroatoms. The number of benzene rings is 2. The Bertz CT molecular complexity index is 1350. The molecule has 1 aliphatic rings. The number of pyridine rings is 1. The number of nitrogens with one attached hydrogen (secondary N) is 1. The third kappa shape index (κ3) is 4.86. The number of piperazine rings is 1. The van der Waals surface area contributed by atoms with Crippen molar-refractivity contribution < 1.29 is 4.79 Å². The minimum absolute atomic E-state index is 0.0531. The molecule has 1 aliphatic heterocycles. The van der Waals surface area contributed by atoms with Crippen LogP contribution < -0.4 is 10.2 Å². The van der Waals surface area contributed by atoms with Crippen molar-refractivity contribution in [1.82, 2.24) is 15.2 Å². The van der Waals surface area contributed by atoms with Crippen LogP contribution in [0.25, 0.3) is 21.0 Å². The molecule has 0 saturated carbocycles. The molecule has 1 N–H and O–H groups in total. The number of hydrogen-bond acceptors (Lipinski definition) is 5. The first kappa shape index (κ1) is 23.4. The van der Waals surface area contributed by atoms with E-state index in [1.807, 2.05) is 36.4 Å². The zero-order valence-electron chi connectivity index (χ0n) is 19.0. The van der Waals surface area contributed by atoms with Gasteiger partial charge in [0.1, 0.15) is 5.15 Å². The number of nitrogens with zero attached hydrogens (tertiary/aromatic N) is 3.